The lowest BCUT2D eigenvalue weighted by atomic mass is 9.98. The number of ether oxygens (including phenoxy) is 1. The molecule has 2 saturated heterocycles. The van der Waals surface area contributed by atoms with E-state index in [0.29, 0.717) is 19.1 Å². The summed E-state index contributed by atoms with van der Waals surface area (Å²) in [6.45, 7) is 5.88. The molecule has 2 aliphatic rings. The van der Waals surface area contributed by atoms with Gasteiger partial charge in [-0.3, -0.25) is 4.79 Å². The van der Waals surface area contributed by atoms with Gasteiger partial charge in [-0.1, -0.05) is 37.3 Å². The van der Waals surface area contributed by atoms with Gasteiger partial charge in [-0.15, -0.1) is 0 Å². The van der Waals surface area contributed by atoms with Gasteiger partial charge in [-0.05, 0) is 18.5 Å². The van der Waals surface area contributed by atoms with E-state index >= 15 is 0 Å². The van der Waals surface area contributed by atoms with Crippen molar-refractivity contribution in [3.63, 3.8) is 0 Å². The van der Waals surface area contributed by atoms with Crippen LogP contribution in [-0.2, 0) is 9.53 Å². The summed E-state index contributed by atoms with van der Waals surface area (Å²) in [7, 11) is 0. The van der Waals surface area contributed by atoms with Crippen LogP contribution in [0.5, 0.6) is 0 Å². The van der Waals surface area contributed by atoms with Crippen molar-refractivity contribution in [1.82, 2.24) is 10.2 Å². The van der Waals surface area contributed by atoms with Crippen molar-refractivity contribution in [3.05, 3.63) is 35.9 Å². The van der Waals surface area contributed by atoms with Gasteiger partial charge in [0.2, 0.25) is 5.91 Å². The first kappa shape index (κ1) is 14.5. The molecule has 21 heavy (non-hydrogen) atoms. The van der Waals surface area contributed by atoms with Gasteiger partial charge in [0.05, 0.1) is 19.1 Å². The molecule has 2 heterocycles. The molecule has 3 rings (SSSR count). The number of nitrogens with one attached hydrogen (secondary N) is 1. The highest BCUT2D eigenvalue weighted by atomic mass is 16.5. The number of likely N-dealkylation sites (N-methyl/N-ethyl adjacent to an activating group) is 1. The van der Waals surface area contributed by atoms with E-state index in [1.807, 2.05) is 11.0 Å². The second kappa shape index (κ2) is 6.58. The molecular formula is C17H24N2O2. The summed E-state index contributed by atoms with van der Waals surface area (Å²) in [6, 6.07) is 10.7. The normalized spacial score (nSPS) is 29.0. The highest BCUT2D eigenvalue weighted by Gasteiger charge is 2.38. The molecule has 0 aromatic heterocycles. The Hall–Kier alpha value is -1.39. The summed E-state index contributed by atoms with van der Waals surface area (Å²) < 4.78 is 5.50. The molecule has 114 valence electrons. The minimum absolute atomic E-state index is 0.0144. The molecule has 0 bridgehead atoms. The lowest BCUT2D eigenvalue weighted by Gasteiger charge is -2.24. The van der Waals surface area contributed by atoms with Crippen LogP contribution in [0.25, 0.3) is 0 Å². The molecule has 0 aliphatic carbocycles. The van der Waals surface area contributed by atoms with Crippen LogP contribution in [0.2, 0.25) is 0 Å². The predicted molar refractivity (Wildman–Crippen MR) is 82.2 cm³/mol. The van der Waals surface area contributed by atoms with Gasteiger partial charge in [0, 0.05) is 25.0 Å². The van der Waals surface area contributed by atoms with Crippen LogP contribution in [0.4, 0.5) is 0 Å². The van der Waals surface area contributed by atoms with Crippen molar-refractivity contribution < 1.29 is 9.53 Å². The van der Waals surface area contributed by atoms with E-state index < -0.39 is 0 Å². The SMILES string of the molecule is CCNC1COCC1C(=O)N1CCC(c2ccccc2)C1. The van der Waals surface area contributed by atoms with Crippen LogP contribution < -0.4 is 5.32 Å². The Kier molecular flexibility index (Phi) is 4.56. The molecule has 1 aromatic rings. The Morgan fingerprint density at radius 3 is 2.90 bits per heavy atom. The predicted octanol–water partition coefficient (Wildman–Crippen LogP) is 1.63. The standard InChI is InChI=1S/C17H24N2O2/c1-2-18-16-12-21-11-15(16)17(20)19-9-8-14(10-19)13-6-4-3-5-7-13/h3-7,14-16,18H,2,8-12H2,1H3. The number of rotatable bonds is 4. The van der Waals surface area contributed by atoms with Gasteiger partial charge in [-0.2, -0.15) is 0 Å². The third-order valence-corrected chi connectivity index (χ3v) is 4.63. The van der Waals surface area contributed by atoms with Gasteiger partial charge >= 0.3 is 0 Å². The molecule has 4 nitrogen and oxygen atoms in total. The zero-order chi connectivity index (χ0) is 14.7. The minimum atomic E-state index is -0.0144. The summed E-state index contributed by atoms with van der Waals surface area (Å²) in [4.78, 5) is 14.7. The maximum absolute atomic E-state index is 12.7. The van der Waals surface area contributed by atoms with Gasteiger partial charge in [-0.25, -0.2) is 0 Å². The Morgan fingerprint density at radius 2 is 2.14 bits per heavy atom. The van der Waals surface area contributed by atoms with Crippen molar-refractivity contribution in [3.8, 4) is 0 Å². The Morgan fingerprint density at radius 1 is 1.33 bits per heavy atom. The van der Waals surface area contributed by atoms with Crippen LogP contribution in [0.3, 0.4) is 0 Å². The average Bonchev–Trinajstić information content (AvgIpc) is 3.17. The molecule has 0 saturated carbocycles. The second-order valence-corrected chi connectivity index (χ2v) is 5.99. The molecular weight excluding hydrogens is 264 g/mol. The third-order valence-electron chi connectivity index (χ3n) is 4.63. The number of carbonyl (C=O) groups is 1. The highest BCUT2D eigenvalue weighted by Crippen LogP contribution is 2.29. The number of likely N-dealkylation sites (tertiary alicyclic amines) is 1. The van der Waals surface area contributed by atoms with Crippen molar-refractivity contribution in [2.75, 3.05) is 32.8 Å². The van der Waals surface area contributed by atoms with Crippen LogP contribution in [-0.4, -0.2) is 49.7 Å². The molecule has 0 spiro atoms. The molecule has 4 heteroatoms. The number of hydrogen-bond acceptors (Lipinski definition) is 3. The van der Waals surface area contributed by atoms with Crippen molar-refractivity contribution in [1.29, 1.82) is 0 Å². The third kappa shape index (κ3) is 3.11. The van der Waals surface area contributed by atoms with Crippen LogP contribution >= 0.6 is 0 Å². The Balaban J connectivity index is 1.62. The zero-order valence-corrected chi connectivity index (χ0v) is 12.6. The van der Waals surface area contributed by atoms with E-state index in [9.17, 15) is 4.79 Å². The fraction of sp³-hybridized carbons (Fsp3) is 0.588. The van der Waals surface area contributed by atoms with Crippen LogP contribution in [0.15, 0.2) is 30.3 Å². The van der Waals surface area contributed by atoms with Crippen LogP contribution in [0.1, 0.15) is 24.8 Å². The van der Waals surface area contributed by atoms with E-state index in [1.165, 1.54) is 5.56 Å². The van der Waals surface area contributed by atoms with Gasteiger partial charge in [0.15, 0.2) is 0 Å². The largest absolute Gasteiger partial charge is 0.379 e. The van der Waals surface area contributed by atoms with Crippen molar-refractivity contribution in [2.45, 2.75) is 25.3 Å². The molecule has 1 N–H and O–H groups in total. The van der Waals surface area contributed by atoms with E-state index in [2.05, 4.69) is 36.5 Å². The summed E-state index contributed by atoms with van der Waals surface area (Å²) >= 11 is 0. The Labute approximate surface area is 126 Å². The highest BCUT2D eigenvalue weighted by molar-refractivity contribution is 5.80. The molecule has 3 unspecified atom stereocenters. The topological polar surface area (TPSA) is 41.6 Å². The van der Waals surface area contributed by atoms with Gasteiger partial charge < -0.3 is 15.0 Å². The number of nitrogens with zero attached hydrogens (tertiary/aromatic N) is 1. The molecule has 1 amide bonds. The average molecular weight is 288 g/mol. The molecule has 2 fully saturated rings. The summed E-state index contributed by atoms with van der Waals surface area (Å²) in [5, 5.41) is 3.37. The number of benzene rings is 1. The monoisotopic (exact) mass is 288 g/mol. The zero-order valence-electron chi connectivity index (χ0n) is 12.6. The van der Waals surface area contributed by atoms with E-state index in [-0.39, 0.29) is 17.9 Å². The van der Waals surface area contributed by atoms with E-state index in [1.54, 1.807) is 0 Å². The van der Waals surface area contributed by atoms with E-state index in [4.69, 9.17) is 4.74 Å². The minimum Gasteiger partial charge on any atom is -0.379 e. The lowest BCUT2D eigenvalue weighted by molar-refractivity contribution is -0.134. The molecule has 1 aromatic carbocycles. The number of hydrogen-bond donors (Lipinski definition) is 1. The quantitative estimate of drug-likeness (QED) is 0.915. The first-order valence-electron chi connectivity index (χ1n) is 7.94. The van der Waals surface area contributed by atoms with E-state index in [0.717, 1.165) is 26.1 Å². The molecule has 3 atom stereocenters. The van der Waals surface area contributed by atoms with Crippen LogP contribution in [0, 0.1) is 5.92 Å². The maximum Gasteiger partial charge on any atom is 0.229 e. The van der Waals surface area contributed by atoms with Crippen molar-refractivity contribution in [2.24, 2.45) is 5.92 Å². The van der Waals surface area contributed by atoms with Gasteiger partial charge in [0.1, 0.15) is 0 Å². The molecule has 2 aliphatic heterocycles. The lowest BCUT2D eigenvalue weighted by Crippen LogP contribution is -2.45. The number of amides is 1. The summed E-state index contributed by atoms with van der Waals surface area (Å²) in [6.07, 6.45) is 1.06. The Bertz CT molecular complexity index is 477. The van der Waals surface area contributed by atoms with Gasteiger partial charge in [0.25, 0.3) is 0 Å². The maximum atomic E-state index is 12.7. The fourth-order valence-electron chi connectivity index (χ4n) is 3.45. The first-order chi connectivity index (χ1) is 10.3. The second-order valence-electron chi connectivity index (χ2n) is 5.99. The smallest absolute Gasteiger partial charge is 0.229 e. The number of carbonyl (C=O) groups excluding carboxylic acids is 1. The first-order valence-corrected chi connectivity index (χ1v) is 7.94. The summed E-state index contributed by atoms with van der Waals surface area (Å²) in [5.41, 5.74) is 1.35. The van der Waals surface area contributed by atoms with Crippen molar-refractivity contribution >= 4 is 5.91 Å². The summed E-state index contributed by atoms with van der Waals surface area (Å²) in [5.74, 6) is 0.728. The fourth-order valence-corrected chi connectivity index (χ4v) is 3.45. The molecule has 0 radical (unpaired) electrons.